The molecule has 1 saturated carbocycles. The molecule has 20 heavy (non-hydrogen) atoms. The van der Waals surface area contributed by atoms with Crippen molar-refractivity contribution in [2.24, 2.45) is 0 Å². The molecular formula is C17H17NO2. The maximum atomic E-state index is 11.6. The zero-order valence-electron chi connectivity index (χ0n) is 11.1. The molecule has 0 spiro atoms. The molecule has 0 saturated heterocycles. The lowest BCUT2D eigenvalue weighted by atomic mass is 10.1. The lowest BCUT2D eigenvalue weighted by molar-refractivity contribution is -0.140. The van der Waals surface area contributed by atoms with Crippen molar-refractivity contribution in [2.45, 2.75) is 24.4 Å². The van der Waals surface area contributed by atoms with E-state index in [9.17, 15) is 9.90 Å². The van der Waals surface area contributed by atoms with Gasteiger partial charge in [0.1, 0.15) is 5.54 Å². The first kappa shape index (κ1) is 12.9. The predicted octanol–water partition coefficient (Wildman–Crippen LogP) is 2.79. The van der Waals surface area contributed by atoms with E-state index < -0.39 is 11.5 Å². The fraction of sp³-hybridized carbons (Fsp3) is 0.235. The van der Waals surface area contributed by atoms with Gasteiger partial charge in [-0.2, -0.15) is 0 Å². The van der Waals surface area contributed by atoms with Crippen molar-refractivity contribution in [3.63, 3.8) is 0 Å². The van der Waals surface area contributed by atoms with Crippen LogP contribution in [-0.2, 0) is 11.3 Å². The first-order valence-corrected chi connectivity index (χ1v) is 6.80. The van der Waals surface area contributed by atoms with E-state index in [1.807, 2.05) is 60.7 Å². The van der Waals surface area contributed by atoms with Gasteiger partial charge in [0.25, 0.3) is 0 Å². The van der Waals surface area contributed by atoms with Crippen LogP contribution in [-0.4, -0.2) is 16.6 Å². The van der Waals surface area contributed by atoms with Crippen molar-refractivity contribution in [2.75, 3.05) is 0 Å². The standard InChI is InChI=1S/C17H17NO2/c19-16(20)17(18-12-13-7-3-1-4-8-13)11-15(17)14-9-5-2-6-10-14/h1-10,15,18H,11-12H2,(H,19,20)/t15?,17-/m1/s1. The molecule has 2 aromatic carbocycles. The second kappa shape index (κ2) is 5.10. The van der Waals surface area contributed by atoms with E-state index in [0.717, 1.165) is 11.1 Å². The van der Waals surface area contributed by atoms with Gasteiger partial charge in [0, 0.05) is 12.5 Å². The summed E-state index contributed by atoms with van der Waals surface area (Å²) in [4.78, 5) is 11.6. The van der Waals surface area contributed by atoms with Crippen LogP contribution in [0, 0.1) is 0 Å². The smallest absolute Gasteiger partial charge is 0.324 e. The van der Waals surface area contributed by atoms with Gasteiger partial charge in [-0.1, -0.05) is 60.7 Å². The van der Waals surface area contributed by atoms with Gasteiger partial charge in [-0.05, 0) is 17.5 Å². The SMILES string of the molecule is O=C(O)[C@@]1(NCc2ccccc2)CC1c1ccccc1. The fourth-order valence-corrected chi connectivity index (χ4v) is 2.71. The largest absolute Gasteiger partial charge is 0.480 e. The Kier molecular flexibility index (Phi) is 3.28. The third-order valence-corrected chi connectivity index (χ3v) is 4.00. The molecule has 102 valence electrons. The average Bonchev–Trinajstić information content (AvgIpc) is 3.23. The van der Waals surface area contributed by atoms with Crippen LogP contribution in [0.2, 0.25) is 0 Å². The number of aliphatic carboxylic acids is 1. The summed E-state index contributed by atoms with van der Waals surface area (Å²) in [6.45, 7) is 0.580. The molecule has 1 fully saturated rings. The van der Waals surface area contributed by atoms with E-state index in [1.54, 1.807) is 0 Å². The molecule has 0 aromatic heterocycles. The van der Waals surface area contributed by atoms with Gasteiger partial charge in [-0.3, -0.25) is 10.1 Å². The van der Waals surface area contributed by atoms with Gasteiger partial charge in [0.2, 0.25) is 0 Å². The number of nitrogens with one attached hydrogen (secondary N) is 1. The molecule has 3 heteroatoms. The van der Waals surface area contributed by atoms with Crippen LogP contribution in [0.15, 0.2) is 60.7 Å². The van der Waals surface area contributed by atoms with Gasteiger partial charge in [-0.25, -0.2) is 0 Å². The van der Waals surface area contributed by atoms with Crippen LogP contribution in [0.4, 0.5) is 0 Å². The van der Waals surface area contributed by atoms with Crippen LogP contribution >= 0.6 is 0 Å². The molecule has 2 aromatic rings. The number of carboxylic acid groups (broad SMARTS) is 1. The molecule has 0 aliphatic heterocycles. The fourth-order valence-electron chi connectivity index (χ4n) is 2.71. The molecule has 1 aliphatic carbocycles. The summed E-state index contributed by atoms with van der Waals surface area (Å²) in [7, 11) is 0. The lowest BCUT2D eigenvalue weighted by Crippen LogP contribution is -2.40. The zero-order chi connectivity index (χ0) is 14.0. The van der Waals surface area contributed by atoms with E-state index in [0.29, 0.717) is 13.0 Å². The lowest BCUT2D eigenvalue weighted by Gasteiger charge is -2.15. The van der Waals surface area contributed by atoms with Crippen molar-refractivity contribution < 1.29 is 9.90 Å². The van der Waals surface area contributed by atoms with Crippen LogP contribution < -0.4 is 5.32 Å². The Morgan fingerprint density at radius 3 is 2.30 bits per heavy atom. The van der Waals surface area contributed by atoms with E-state index in [4.69, 9.17) is 0 Å². The van der Waals surface area contributed by atoms with Crippen molar-refractivity contribution >= 4 is 5.97 Å². The zero-order valence-corrected chi connectivity index (χ0v) is 11.1. The Hall–Kier alpha value is -2.13. The number of hydrogen-bond donors (Lipinski definition) is 2. The van der Waals surface area contributed by atoms with Crippen molar-refractivity contribution in [1.82, 2.24) is 5.32 Å². The van der Waals surface area contributed by atoms with Crippen LogP contribution in [0.5, 0.6) is 0 Å². The van der Waals surface area contributed by atoms with Gasteiger partial charge in [0.05, 0.1) is 0 Å². The minimum Gasteiger partial charge on any atom is -0.480 e. The second-order valence-corrected chi connectivity index (χ2v) is 5.28. The third-order valence-electron chi connectivity index (χ3n) is 4.00. The molecule has 0 heterocycles. The molecular weight excluding hydrogens is 250 g/mol. The number of carbonyl (C=O) groups is 1. The van der Waals surface area contributed by atoms with E-state index in [2.05, 4.69) is 5.32 Å². The highest BCUT2D eigenvalue weighted by molar-refractivity contribution is 5.85. The molecule has 2 N–H and O–H groups in total. The van der Waals surface area contributed by atoms with Crippen LogP contribution in [0.25, 0.3) is 0 Å². The van der Waals surface area contributed by atoms with E-state index in [1.165, 1.54) is 0 Å². The van der Waals surface area contributed by atoms with E-state index in [-0.39, 0.29) is 5.92 Å². The summed E-state index contributed by atoms with van der Waals surface area (Å²) in [6, 6.07) is 19.8. The minimum atomic E-state index is -0.808. The van der Waals surface area contributed by atoms with Gasteiger partial charge in [0.15, 0.2) is 0 Å². The molecule has 0 bridgehead atoms. The van der Waals surface area contributed by atoms with Gasteiger partial charge in [-0.15, -0.1) is 0 Å². The maximum Gasteiger partial charge on any atom is 0.324 e. The summed E-state index contributed by atoms with van der Waals surface area (Å²) < 4.78 is 0. The number of benzene rings is 2. The summed E-state index contributed by atoms with van der Waals surface area (Å²) >= 11 is 0. The third kappa shape index (κ3) is 2.32. The predicted molar refractivity (Wildman–Crippen MR) is 77.4 cm³/mol. The van der Waals surface area contributed by atoms with Crippen molar-refractivity contribution in [3.05, 3.63) is 71.8 Å². The molecule has 1 unspecified atom stereocenters. The minimum absolute atomic E-state index is 0.0601. The Bertz CT molecular complexity index is 597. The molecule has 0 radical (unpaired) electrons. The molecule has 3 rings (SSSR count). The molecule has 1 aliphatic rings. The summed E-state index contributed by atoms with van der Waals surface area (Å²) in [5, 5.41) is 12.8. The number of carboxylic acids is 1. The normalized spacial score (nSPS) is 24.3. The highest BCUT2D eigenvalue weighted by atomic mass is 16.4. The summed E-state index contributed by atoms with van der Waals surface area (Å²) in [5.41, 5.74) is 1.39. The summed E-state index contributed by atoms with van der Waals surface area (Å²) in [5.74, 6) is -0.702. The Morgan fingerprint density at radius 2 is 1.70 bits per heavy atom. The Morgan fingerprint density at radius 1 is 1.10 bits per heavy atom. The van der Waals surface area contributed by atoms with Crippen molar-refractivity contribution in [3.8, 4) is 0 Å². The van der Waals surface area contributed by atoms with Crippen LogP contribution in [0.3, 0.4) is 0 Å². The second-order valence-electron chi connectivity index (χ2n) is 5.28. The van der Waals surface area contributed by atoms with Gasteiger partial charge < -0.3 is 5.11 Å². The Balaban J connectivity index is 1.74. The molecule has 2 atom stereocenters. The van der Waals surface area contributed by atoms with E-state index >= 15 is 0 Å². The Labute approximate surface area is 118 Å². The first-order chi connectivity index (χ1) is 9.72. The van der Waals surface area contributed by atoms with Gasteiger partial charge >= 0.3 is 5.97 Å². The first-order valence-electron chi connectivity index (χ1n) is 6.80. The molecule has 3 nitrogen and oxygen atoms in total. The maximum absolute atomic E-state index is 11.6. The highest BCUT2D eigenvalue weighted by Crippen LogP contribution is 2.51. The number of hydrogen-bond acceptors (Lipinski definition) is 2. The quantitative estimate of drug-likeness (QED) is 0.875. The summed E-state index contributed by atoms with van der Waals surface area (Å²) in [6.07, 6.45) is 0.652. The monoisotopic (exact) mass is 267 g/mol. The van der Waals surface area contributed by atoms with Crippen molar-refractivity contribution in [1.29, 1.82) is 0 Å². The number of rotatable bonds is 5. The topological polar surface area (TPSA) is 49.3 Å². The molecule has 0 amide bonds. The van der Waals surface area contributed by atoms with Crippen LogP contribution in [0.1, 0.15) is 23.5 Å². The highest BCUT2D eigenvalue weighted by Gasteiger charge is 2.60. The average molecular weight is 267 g/mol.